The monoisotopic (exact) mass is 2050 g/mol. The van der Waals surface area contributed by atoms with Gasteiger partial charge in [-0.15, -0.1) is 22.7 Å². The summed E-state index contributed by atoms with van der Waals surface area (Å²) >= 11 is 2.78. The smallest absolute Gasteiger partial charge is 0.361 e. The highest BCUT2D eigenvalue weighted by atomic mass is 32.1. The molecule has 0 aliphatic heterocycles. The van der Waals surface area contributed by atoms with E-state index in [0.717, 1.165) is 34.3 Å². The Morgan fingerprint density at radius 3 is 1.08 bits per heavy atom. The maximum Gasteiger partial charge on any atom is 0.437 e. The third-order valence-corrected chi connectivity index (χ3v) is 24.7. The standard InChI is InChI=1S/C25H21F3N6O3.C25H21F3N6O2S.C23H20F3N9O2.C23H17F3N6O2S/c1-12-9-16(33-36-12)11-34-14(3)22(23(31-34)25(26,27)28)30-24(35)18-10-20(21-13(2)32-37-15(21)4)29-19-8-6-5-7-17(18)19;1-12-9-16(33-36-12)11-34-14(3)21(23(32-34)25(26,27)28)31-24(35)18-10-20(22-13(2)29-15(4)37-22)30-19-8-6-5-7-17(18)19;1-4-17-30-18(37-33-17)10-35-12(2)19(20(32-35)23(24,25)26)31-22(36)14-9-16(21-27-11-28-34(21)3)29-15-8-6-5-7-13(14)15;1-12-9-14(31-34-12)11-32-13(2)19(20(30-32)23(24,25)26)29-21(33)16-10-18(22-27-7-8-35-22)28-17-6-4-3-5-15(16)17/h5-10H,11H2,1-4H3,(H,30,35);5-10H,11H2,1-4H3,(H,31,35);5-9,11H,4,10H2,1-3H3,(H,31,36);3-10H,11H2,1-2H3,(H,29,33). The lowest BCUT2D eigenvalue weighted by Crippen LogP contribution is -2.17. The summed E-state index contributed by atoms with van der Waals surface area (Å²) in [6.45, 7) is 19.5. The number of aromatic nitrogens is 23. The van der Waals surface area contributed by atoms with Crippen molar-refractivity contribution in [2.45, 2.75) is 140 Å². The zero-order chi connectivity index (χ0) is 104. The number of benzene rings is 4. The summed E-state index contributed by atoms with van der Waals surface area (Å²) in [4.78, 5) is 90.0. The van der Waals surface area contributed by atoms with Crippen molar-refractivity contribution in [3.8, 4) is 44.0 Å². The average Bonchev–Trinajstić information content (AvgIpc) is 1.30. The molecule has 4 aromatic carbocycles. The number of pyridine rings is 4. The van der Waals surface area contributed by atoms with E-state index in [9.17, 15) is 71.9 Å². The van der Waals surface area contributed by atoms with Crippen molar-refractivity contribution in [1.29, 1.82) is 0 Å². The predicted molar refractivity (Wildman–Crippen MR) is 507 cm³/mol. The van der Waals surface area contributed by atoms with Crippen LogP contribution in [0.1, 0.15) is 162 Å². The van der Waals surface area contributed by atoms with Gasteiger partial charge in [-0.1, -0.05) is 106 Å². The fraction of sp³-hybridized carbons (Fsp3) is 0.229. The molecule has 20 rings (SSSR count). The number of rotatable bonds is 21. The zero-order valence-corrected chi connectivity index (χ0v) is 80.5. The van der Waals surface area contributed by atoms with Gasteiger partial charge in [-0.25, -0.2) is 39.6 Å². The minimum atomic E-state index is -4.83. The number of nitrogens with one attached hydrogen (secondary N) is 4. The van der Waals surface area contributed by atoms with Gasteiger partial charge >= 0.3 is 24.7 Å². The first-order chi connectivity index (χ1) is 69.4. The summed E-state index contributed by atoms with van der Waals surface area (Å²) in [5.74, 6) is 0.0654. The minimum absolute atomic E-state index is 0.0471. The summed E-state index contributed by atoms with van der Waals surface area (Å²) in [5.41, 5.74) is 1.48. The van der Waals surface area contributed by atoms with E-state index in [1.54, 1.807) is 175 Å². The fourth-order valence-electron chi connectivity index (χ4n) is 15.9. The van der Waals surface area contributed by atoms with Crippen LogP contribution in [0.15, 0.2) is 180 Å². The van der Waals surface area contributed by atoms with E-state index in [2.05, 4.69) is 112 Å². The van der Waals surface area contributed by atoms with Crippen molar-refractivity contribution in [3.63, 3.8) is 0 Å². The number of hydrogen-bond acceptors (Lipinski definition) is 29. The fourth-order valence-corrected chi connectivity index (χ4v) is 17.4. The van der Waals surface area contributed by atoms with E-state index in [1.807, 2.05) is 20.8 Å². The number of alkyl halides is 12. The number of halogens is 12. The van der Waals surface area contributed by atoms with Crippen LogP contribution < -0.4 is 21.3 Å². The third kappa shape index (κ3) is 21.3. The van der Waals surface area contributed by atoms with Crippen LogP contribution in [0.3, 0.4) is 0 Å². The molecule has 0 saturated carbocycles. The molecule has 0 unspecified atom stereocenters. The highest BCUT2D eigenvalue weighted by molar-refractivity contribution is 7.15. The lowest BCUT2D eigenvalue weighted by Gasteiger charge is -2.12. The Bertz CT molecular complexity index is 8360. The van der Waals surface area contributed by atoms with E-state index in [4.69, 9.17) is 22.6 Å². The molecule has 20 aromatic rings. The lowest BCUT2D eigenvalue weighted by atomic mass is 10.0. The summed E-state index contributed by atoms with van der Waals surface area (Å²) in [5, 5.41) is 53.1. The van der Waals surface area contributed by atoms with Gasteiger partial charge in [0.25, 0.3) is 23.6 Å². The molecule has 0 bridgehead atoms. The van der Waals surface area contributed by atoms with Gasteiger partial charge in [-0.05, 0) is 125 Å². The zero-order valence-electron chi connectivity index (χ0n) is 78.9. The molecule has 4 N–H and O–H groups in total. The Hall–Kier alpha value is -17.2. The van der Waals surface area contributed by atoms with Crippen LogP contribution in [0.4, 0.5) is 75.4 Å². The number of aryl methyl sites for hydroxylation is 9. The number of para-hydroxylation sites is 4. The Kier molecular flexibility index (Phi) is 27.7. The summed E-state index contributed by atoms with van der Waals surface area (Å²) in [6.07, 6.45) is -15.8. The van der Waals surface area contributed by atoms with E-state index >= 15 is 0 Å². The number of carbonyl (C=O) groups excluding carboxylic acids is 4. The molecule has 146 heavy (non-hydrogen) atoms. The minimum Gasteiger partial charge on any atom is -0.361 e. The lowest BCUT2D eigenvalue weighted by molar-refractivity contribution is -0.141. The van der Waals surface area contributed by atoms with Gasteiger partial charge in [0.2, 0.25) is 5.89 Å². The topological polar surface area (TPSA) is 439 Å². The SMILES string of the molecule is CCc1noc(Cn2nc(C(F)(F)F)c(NC(=O)c3cc(-c4ncnn4C)nc4ccccc34)c2C)n1.Cc1cc(Cn2nc(C(F)(F)F)c(NC(=O)c3cc(-c4c(C)noc4C)nc4ccccc34)c2C)no1.Cc1cc(Cn2nc(C(F)(F)F)c(NC(=O)c3cc(-c4nccs4)nc4ccccc34)c2C)no1.Cc1cc(Cn2nc(C(F)(F)F)c(NC(=O)c3cc(-c4sc(C)nc4C)nc4ccccc34)c2C)no1. The first-order valence-electron chi connectivity index (χ1n) is 44.0. The normalized spacial score (nSPS) is 11.8. The van der Waals surface area contributed by atoms with Crippen LogP contribution in [0.2, 0.25) is 0 Å². The van der Waals surface area contributed by atoms with Crippen LogP contribution >= 0.6 is 22.7 Å². The summed E-state index contributed by atoms with van der Waals surface area (Å²) in [6, 6.07) is 38.5. The molecule has 36 nitrogen and oxygen atoms in total. The van der Waals surface area contributed by atoms with Crippen molar-refractivity contribution >= 4 is 113 Å². The van der Waals surface area contributed by atoms with Crippen molar-refractivity contribution in [3.05, 3.63) is 293 Å². The third-order valence-electron chi connectivity index (χ3n) is 22.8. The molecule has 0 aliphatic carbocycles. The Morgan fingerprint density at radius 2 is 0.753 bits per heavy atom. The molecule has 0 atom stereocenters. The maximum absolute atomic E-state index is 13.9. The van der Waals surface area contributed by atoms with Gasteiger partial charge in [0.05, 0.1) is 148 Å². The Morgan fingerprint density at radius 1 is 0.390 bits per heavy atom. The summed E-state index contributed by atoms with van der Waals surface area (Å²) < 4.78 is 198. The molecule has 0 radical (unpaired) electrons. The molecule has 0 fully saturated rings. The second kappa shape index (κ2) is 40.3. The number of anilines is 4. The molecule has 0 saturated heterocycles. The van der Waals surface area contributed by atoms with Crippen molar-refractivity contribution < 1.29 is 94.5 Å². The number of carbonyl (C=O) groups is 4. The van der Waals surface area contributed by atoms with E-state index < -0.39 is 93.9 Å². The maximum atomic E-state index is 13.9. The van der Waals surface area contributed by atoms with Crippen LogP contribution in [0, 0.1) is 76.2 Å². The van der Waals surface area contributed by atoms with Crippen LogP contribution in [-0.4, -0.2) is 138 Å². The second-order valence-electron chi connectivity index (χ2n) is 33.1. The molecule has 50 heteroatoms. The molecule has 16 heterocycles. The quantitative estimate of drug-likeness (QED) is 0.0485. The average molecular weight is 2050 g/mol. The van der Waals surface area contributed by atoms with Crippen LogP contribution in [0.25, 0.3) is 87.7 Å². The van der Waals surface area contributed by atoms with Gasteiger partial charge in [0, 0.05) is 64.8 Å². The van der Waals surface area contributed by atoms with Gasteiger partial charge in [-0.3, -0.25) is 37.9 Å². The molecular weight excluding hydrogens is 1970 g/mol. The van der Waals surface area contributed by atoms with Crippen molar-refractivity contribution in [2.24, 2.45) is 7.05 Å². The largest absolute Gasteiger partial charge is 0.437 e. The highest BCUT2D eigenvalue weighted by Gasteiger charge is 2.44. The molecule has 0 spiro atoms. The van der Waals surface area contributed by atoms with Gasteiger partial charge < -0.3 is 43.9 Å². The molecule has 16 aromatic heterocycles. The van der Waals surface area contributed by atoms with E-state index in [-0.39, 0.29) is 77.1 Å². The van der Waals surface area contributed by atoms with Crippen LogP contribution in [0.5, 0.6) is 0 Å². The van der Waals surface area contributed by atoms with Crippen molar-refractivity contribution in [1.82, 2.24) is 115 Å². The predicted octanol–water partition coefficient (Wildman–Crippen LogP) is 21.0. The van der Waals surface area contributed by atoms with Gasteiger partial charge in [-0.2, -0.15) is 83.2 Å². The Labute approximate surface area is 823 Å². The van der Waals surface area contributed by atoms with Crippen molar-refractivity contribution in [2.75, 3.05) is 21.3 Å². The number of hydrogen-bond donors (Lipinski definition) is 4. The number of thiazole rings is 2. The number of amides is 4. The molecule has 4 amide bonds. The van der Waals surface area contributed by atoms with Gasteiger partial charge in [0.15, 0.2) is 34.4 Å². The number of nitrogens with zero attached hydrogens (tertiary/aromatic N) is 23. The molecule has 0 aliphatic rings. The summed E-state index contributed by atoms with van der Waals surface area (Å²) in [7, 11) is 1.67. The second-order valence-corrected chi connectivity index (χ2v) is 35.2. The first-order valence-corrected chi connectivity index (χ1v) is 45.7. The molecule has 748 valence electrons. The number of fused-ring (bicyclic) bond motifs is 4. The Balaban J connectivity index is 0.000000133. The van der Waals surface area contributed by atoms with E-state index in [1.165, 1.54) is 79.6 Å². The van der Waals surface area contributed by atoms with Crippen LogP contribution in [-0.2, 0) is 64.4 Å². The van der Waals surface area contributed by atoms with E-state index in [0.29, 0.717) is 141 Å². The van der Waals surface area contributed by atoms with Gasteiger partial charge in [0.1, 0.15) is 69.4 Å². The first kappa shape index (κ1) is 100. The molecular formula is C96H79F12N27O9S2. The highest BCUT2D eigenvalue weighted by Crippen LogP contribution is 2.44.